The Balaban J connectivity index is 3.18. The molecule has 3 N–H and O–H groups in total. The van der Waals surface area contributed by atoms with E-state index in [2.05, 4.69) is 0 Å². The molecule has 0 aliphatic heterocycles. The molecule has 0 aromatic carbocycles. The van der Waals surface area contributed by atoms with Crippen LogP contribution in [0, 0.1) is 0 Å². The third-order valence-electron chi connectivity index (χ3n) is 2.25. The van der Waals surface area contributed by atoms with Gasteiger partial charge >= 0.3 is 17.1 Å². The maximum atomic E-state index is 11.8. The van der Waals surface area contributed by atoms with E-state index in [1.54, 1.807) is 0 Å². The fourth-order valence-electron chi connectivity index (χ4n) is 1.40. The highest BCUT2D eigenvalue weighted by molar-refractivity contribution is 4.74. The predicted octanol–water partition coefficient (Wildman–Crippen LogP) is -2.54. The molecule has 17 heavy (non-hydrogen) atoms. The molecule has 1 aromatic rings. The maximum absolute atomic E-state index is 11.8. The van der Waals surface area contributed by atoms with Crippen LogP contribution in [0.2, 0.25) is 0 Å². The molecular weight excluding hydrogens is 230 g/mol. The third kappa shape index (κ3) is 3.14. The van der Waals surface area contributed by atoms with Gasteiger partial charge in [-0.2, -0.15) is 0 Å². The van der Waals surface area contributed by atoms with Gasteiger partial charge in [0.1, 0.15) is 0 Å². The summed E-state index contributed by atoms with van der Waals surface area (Å²) in [7, 11) is 0. The van der Waals surface area contributed by atoms with E-state index in [0.717, 1.165) is 9.13 Å². The molecule has 1 aromatic heterocycles. The zero-order valence-corrected chi connectivity index (χ0v) is 9.26. The molecule has 96 valence electrons. The Morgan fingerprint density at radius 2 is 1.29 bits per heavy atom. The second kappa shape index (κ2) is 6.16. The maximum Gasteiger partial charge on any atom is 0.336 e. The lowest BCUT2D eigenvalue weighted by Gasteiger charge is -2.07. The number of nitrogens with zero attached hydrogens (tertiary/aromatic N) is 2. The van der Waals surface area contributed by atoms with Crippen molar-refractivity contribution >= 4 is 0 Å². The van der Waals surface area contributed by atoms with E-state index < -0.39 is 17.1 Å². The molecule has 8 nitrogen and oxygen atoms in total. The van der Waals surface area contributed by atoms with E-state index in [4.69, 9.17) is 10.2 Å². The molecular formula is C9H15N3O5. The highest BCUT2D eigenvalue weighted by Crippen LogP contribution is 1.82. The first-order chi connectivity index (χ1) is 8.11. The normalized spacial score (nSPS) is 10.7. The summed E-state index contributed by atoms with van der Waals surface area (Å²) in [5, 5.41) is 17.3. The summed E-state index contributed by atoms with van der Waals surface area (Å²) >= 11 is 0. The Kier molecular flexibility index (Phi) is 4.85. The molecule has 0 saturated carbocycles. The first-order valence-corrected chi connectivity index (χ1v) is 5.27. The van der Waals surface area contributed by atoms with Gasteiger partial charge in [-0.25, -0.2) is 23.5 Å². The molecule has 0 aliphatic carbocycles. The fraction of sp³-hybridized carbons (Fsp3) is 0.667. The highest BCUT2D eigenvalue weighted by atomic mass is 16.3. The number of hydrogen-bond acceptors (Lipinski definition) is 5. The van der Waals surface area contributed by atoms with Crippen molar-refractivity contribution in [3.8, 4) is 0 Å². The monoisotopic (exact) mass is 245 g/mol. The van der Waals surface area contributed by atoms with Crippen molar-refractivity contribution in [1.82, 2.24) is 14.1 Å². The average Bonchev–Trinajstić information content (AvgIpc) is 2.28. The fourth-order valence-corrected chi connectivity index (χ4v) is 1.40. The Labute approximate surface area is 95.8 Å². The van der Waals surface area contributed by atoms with E-state index in [1.165, 1.54) is 0 Å². The summed E-state index contributed by atoms with van der Waals surface area (Å²) in [6.45, 7) is -0.211. The van der Waals surface area contributed by atoms with Crippen molar-refractivity contribution in [3.05, 3.63) is 31.5 Å². The second-order valence-electron chi connectivity index (χ2n) is 3.48. The van der Waals surface area contributed by atoms with Crippen LogP contribution in [0.4, 0.5) is 0 Å². The van der Waals surface area contributed by atoms with Crippen LogP contribution in [-0.4, -0.2) is 37.5 Å². The minimum absolute atomic E-state index is 0.0457. The smallest absolute Gasteiger partial charge is 0.336 e. The standard InChI is InChI=1S/C9H15N3O5/c13-5-1-3-11-7(15)10-8(16)12(9(11)17)4-2-6-14/h13-14H,1-6H2,(H,10,15,16). The van der Waals surface area contributed by atoms with Crippen molar-refractivity contribution < 1.29 is 10.2 Å². The molecule has 8 heteroatoms. The van der Waals surface area contributed by atoms with E-state index in [1.807, 2.05) is 4.98 Å². The van der Waals surface area contributed by atoms with Crippen LogP contribution in [0.15, 0.2) is 14.4 Å². The van der Waals surface area contributed by atoms with Crippen molar-refractivity contribution in [2.24, 2.45) is 0 Å². The summed E-state index contributed by atoms with van der Waals surface area (Å²) in [5.74, 6) is 0. The van der Waals surface area contributed by atoms with Gasteiger partial charge < -0.3 is 10.2 Å². The van der Waals surface area contributed by atoms with Crippen LogP contribution in [0.5, 0.6) is 0 Å². The van der Waals surface area contributed by atoms with Gasteiger partial charge in [0.05, 0.1) is 0 Å². The number of hydrogen-bond donors (Lipinski definition) is 3. The minimum Gasteiger partial charge on any atom is -0.396 e. The van der Waals surface area contributed by atoms with Gasteiger partial charge in [-0.1, -0.05) is 0 Å². The Morgan fingerprint density at radius 1 is 0.882 bits per heavy atom. The lowest BCUT2D eigenvalue weighted by molar-refractivity contribution is 0.270. The molecule has 1 rings (SSSR count). The average molecular weight is 245 g/mol. The molecule has 0 amide bonds. The zero-order chi connectivity index (χ0) is 12.8. The van der Waals surface area contributed by atoms with Crippen LogP contribution in [0.3, 0.4) is 0 Å². The Morgan fingerprint density at radius 3 is 1.65 bits per heavy atom. The van der Waals surface area contributed by atoms with Gasteiger partial charge in [-0.3, -0.25) is 4.98 Å². The number of H-pyrrole nitrogens is 1. The van der Waals surface area contributed by atoms with Crippen molar-refractivity contribution in [1.29, 1.82) is 0 Å². The minimum atomic E-state index is -0.784. The highest BCUT2D eigenvalue weighted by Gasteiger charge is 2.08. The van der Waals surface area contributed by atoms with Crippen molar-refractivity contribution in [2.75, 3.05) is 13.2 Å². The van der Waals surface area contributed by atoms with Crippen LogP contribution in [0.25, 0.3) is 0 Å². The molecule has 0 atom stereocenters. The van der Waals surface area contributed by atoms with Crippen molar-refractivity contribution in [2.45, 2.75) is 25.9 Å². The van der Waals surface area contributed by atoms with Gasteiger partial charge in [0.2, 0.25) is 0 Å². The molecule has 0 saturated heterocycles. The van der Waals surface area contributed by atoms with Gasteiger partial charge in [-0.05, 0) is 12.8 Å². The molecule has 0 unspecified atom stereocenters. The zero-order valence-electron chi connectivity index (χ0n) is 9.26. The van der Waals surface area contributed by atoms with Gasteiger partial charge in [0, 0.05) is 26.3 Å². The van der Waals surface area contributed by atoms with Gasteiger partial charge in [0.15, 0.2) is 0 Å². The Bertz CT molecular complexity index is 483. The number of aliphatic hydroxyl groups excluding tert-OH is 2. The molecule has 0 spiro atoms. The molecule has 1 heterocycles. The molecule has 0 bridgehead atoms. The summed E-state index contributed by atoms with van der Waals surface area (Å²) in [5.41, 5.74) is -2.29. The number of nitrogens with one attached hydrogen (secondary N) is 1. The summed E-state index contributed by atoms with van der Waals surface area (Å²) in [4.78, 5) is 36.5. The SMILES string of the molecule is O=c1[nH]c(=O)n(CCCO)c(=O)n1CCCO. The third-order valence-corrected chi connectivity index (χ3v) is 2.25. The van der Waals surface area contributed by atoms with Crippen LogP contribution < -0.4 is 17.1 Å². The molecule has 0 aliphatic rings. The molecule has 0 radical (unpaired) electrons. The summed E-state index contributed by atoms with van der Waals surface area (Å²) < 4.78 is 1.71. The first-order valence-electron chi connectivity index (χ1n) is 5.27. The van der Waals surface area contributed by atoms with E-state index >= 15 is 0 Å². The molecule has 0 fully saturated rings. The van der Waals surface area contributed by atoms with Crippen LogP contribution in [0.1, 0.15) is 12.8 Å². The number of aromatic nitrogens is 3. The lowest BCUT2D eigenvalue weighted by Crippen LogP contribution is -2.49. The summed E-state index contributed by atoms with van der Waals surface area (Å²) in [6.07, 6.45) is 0.502. The quantitative estimate of drug-likeness (QED) is 0.510. The lowest BCUT2D eigenvalue weighted by atomic mass is 10.4. The van der Waals surface area contributed by atoms with Crippen molar-refractivity contribution in [3.63, 3.8) is 0 Å². The largest absolute Gasteiger partial charge is 0.396 e. The number of aromatic amines is 1. The topological polar surface area (TPSA) is 117 Å². The van der Waals surface area contributed by atoms with E-state index in [9.17, 15) is 14.4 Å². The van der Waals surface area contributed by atoms with Gasteiger partial charge in [-0.15, -0.1) is 0 Å². The number of aliphatic hydroxyl groups is 2. The summed E-state index contributed by atoms with van der Waals surface area (Å²) in [6, 6.07) is 0. The first kappa shape index (κ1) is 13.4. The predicted molar refractivity (Wildman–Crippen MR) is 59.0 cm³/mol. The number of rotatable bonds is 6. The van der Waals surface area contributed by atoms with E-state index in [0.29, 0.717) is 0 Å². The van der Waals surface area contributed by atoms with Crippen LogP contribution >= 0.6 is 0 Å². The van der Waals surface area contributed by atoms with E-state index in [-0.39, 0.29) is 39.1 Å². The second-order valence-corrected chi connectivity index (χ2v) is 3.48. The van der Waals surface area contributed by atoms with Gasteiger partial charge in [0.25, 0.3) is 0 Å². The van der Waals surface area contributed by atoms with Crippen LogP contribution in [-0.2, 0) is 13.1 Å². The Hall–Kier alpha value is -1.67.